The van der Waals surface area contributed by atoms with Crippen LogP contribution in [0.15, 0.2) is 48.6 Å². The van der Waals surface area contributed by atoms with Crippen LogP contribution >= 0.6 is 0 Å². The lowest BCUT2D eigenvalue weighted by molar-refractivity contribution is -0.139. The summed E-state index contributed by atoms with van der Waals surface area (Å²) >= 11 is 0. The van der Waals surface area contributed by atoms with Gasteiger partial charge in [0.1, 0.15) is 12.2 Å². The Balaban J connectivity index is 2.93. The molecule has 88 valence electrons. The molecule has 0 heterocycles. The Labute approximate surface area is 100 Å². The number of hydrogen-bond donors (Lipinski definition) is 0. The molecule has 0 saturated heterocycles. The summed E-state index contributed by atoms with van der Waals surface area (Å²) in [6.45, 7) is 4.87. The first-order valence-corrected chi connectivity index (χ1v) is 5.21. The Morgan fingerprint density at radius 1 is 1.29 bits per heavy atom. The lowest BCUT2D eigenvalue weighted by Crippen LogP contribution is -2.13. The van der Waals surface area contributed by atoms with Crippen molar-refractivity contribution in [3.05, 3.63) is 54.1 Å². The molecule has 0 atom stereocenters. The number of hydrogen-bond acceptors (Lipinski definition) is 3. The normalized spacial score (nSPS) is 10.8. The number of esters is 1. The van der Waals surface area contributed by atoms with Crippen LogP contribution in [0.2, 0.25) is 0 Å². The molecule has 3 heteroatoms. The smallest absolute Gasteiger partial charge is 0.342 e. The van der Waals surface area contributed by atoms with Gasteiger partial charge in [0.25, 0.3) is 0 Å². The summed E-state index contributed by atoms with van der Waals surface area (Å²) < 4.78 is 4.84. The summed E-state index contributed by atoms with van der Waals surface area (Å²) in [5.74, 6) is -0.941. The van der Waals surface area contributed by atoms with Gasteiger partial charge in [-0.1, -0.05) is 43.0 Å². The van der Waals surface area contributed by atoms with Gasteiger partial charge in [-0.3, -0.25) is 4.79 Å². The highest BCUT2D eigenvalue weighted by Gasteiger charge is 2.15. The second-order valence-electron chi connectivity index (χ2n) is 3.41. The molecule has 0 aliphatic carbocycles. The minimum atomic E-state index is -0.624. The van der Waals surface area contributed by atoms with Crippen molar-refractivity contribution in [2.45, 2.75) is 6.92 Å². The zero-order chi connectivity index (χ0) is 12.7. The monoisotopic (exact) mass is 230 g/mol. The fourth-order valence-electron chi connectivity index (χ4n) is 1.23. The quantitative estimate of drug-likeness (QED) is 0.256. The van der Waals surface area contributed by atoms with E-state index in [0.29, 0.717) is 0 Å². The lowest BCUT2D eigenvalue weighted by Gasteiger charge is -2.03. The number of rotatable bonds is 5. The molecule has 17 heavy (non-hydrogen) atoms. The third kappa shape index (κ3) is 4.07. The van der Waals surface area contributed by atoms with Crippen LogP contribution in [-0.4, -0.2) is 18.4 Å². The maximum Gasteiger partial charge on any atom is 0.342 e. The molecular weight excluding hydrogens is 216 g/mol. The Bertz CT molecular complexity index is 444. The maximum absolute atomic E-state index is 11.6. The van der Waals surface area contributed by atoms with Crippen LogP contribution in [-0.2, 0) is 14.3 Å². The van der Waals surface area contributed by atoms with Gasteiger partial charge >= 0.3 is 5.97 Å². The minimum absolute atomic E-state index is 0.0399. The number of ether oxygens (including phenoxy) is 1. The highest BCUT2D eigenvalue weighted by molar-refractivity contribution is 6.19. The summed E-state index contributed by atoms with van der Waals surface area (Å²) in [6, 6.07) is 9.14. The van der Waals surface area contributed by atoms with Crippen LogP contribution in [0.3, 0.4) is 0 Å². The highest BCUT2D eigenvalue weighted by Crippen LogP contribution is 2.09. The Morgan fingerprint density at radius 2 is 1.94 bits per heavy atom. The van der Waals surface area contributed by atoms with E-state index >= 15 is 0 Å². The van der Waals surface area contributed by atoms with Gasteiger partial charge in [0.2, 0.25) is 0 Å². The molecule has 0 spiro atoms. The van der Waals surface area contributed by atoms with E-state index < -0.39 is 5.97 Å². The minimum Gasteiger partial charge on any atom is -0.458 e. The summed E-state index contributed by atoms with van der Waals surface area (Å²) in [4.78, 5) is 22.9. The van der Waals surface area contributed by atoms with Crippen molar-refractivity contribution in [3.8, 4) is 0 Å². The molecular formula is C14H14O3. The number of carbonyl (C=O) groups is 2. The molecule has 0 bridgehead atoms. The van der Waals surface area contributed by atoms with Gasteiger partial charge in [-0.25, -0.2) is 4.79 Å². The van der Waals surface area contributed by atoms with Crippen LogP contribution in [0.1, 0.15) is 12.5 Å². The average molecular weight is 230 g/mol. The first-order valence-electron chi connectivity index (χ1n) is 5.21. The van der Waals surface area contributed by atoms with Gasteiger partial charge in [-0.2, -0.15) is 0 Å². The summed E-state index contributed by atoms with van der Waals surface area (Å²) in [5.41, 5.74) is 0.825. The fourth-order valence-corrected chi connectivity index (χ4v) is 1.23. The predicted molar refractivity (Wildman–Crippen MR) is 66.3 cm³/mol. The number of ketones is 1. The Hall–Kier alpha value is -2.16. The van der Waals surface area contributed by atoms with E-state index in [2.05, 4.69) is 6.58 Å². The van der Waals surface area contributed by atoms with E-state index in [9.17, 15) is 9.59 Å². The zero-order valence-electron chi connectivity index (χ0n) is 9.68. The molecule has 1 aromatic rings. The molecule has 0 N–H and O–H groups in total. The van der Waals surface area contributed by atoms with Gasteiger partial charge < -0.3 is 4.74 Å². The maximum atomic E-state index is 11.6. The van der Waals surface area contributed by atoms with Crippen molar-refractivity contribution >= 4 is 17.8 Å². The third-order valence-electron chi connectivity index (χ3n) is 2.04. The van der Waals surface area contributed by atoms with E-state index in [-0.39, 0.29) is 18.0 Å². The molecule has 0 unspecified atom stereocenters. The van der Waals surface area contributed by atoms with E-state index in [1.165, 1.54) is 19.1 Å². The Kier molecular flexibility index (Phi) is 4.88. The fraction of sp³-hybridized carbons (Fsp3) is 0.143. The van der Waals surface area contributed by atoms with Gasteiger partial charge in [0, 0.05) is 0 Å². The van der Waals surface area contributed by atoms with E-state index in [1.54, 1.807) is 0 Å². The van der Waals surface area contributed by atoms with E-state index in [1.807, 2.05) is 30.3 Å². The topological polar surface area (TPSA) is 43.4 Å². The number of benzene rings is 1. The standard InChI is InChI=1S/C14H14O3/c1-3-9-17-14(16)13(11(2)15)10-12-7-5-4-6-8-12/h3-8,10H,1,9H2,2H3. The van der Waals surface area contributed by atoms with Crippen LogP contribution < -0.4 is 0 Å². The second kappa shape index (κ2) is 6.43. The van der Waals surface area contributed by atoms with Gasteiger partial charge in [0.05, 0.1) is 0 Å². The molecule has 0 amide bonds. The molecule has 0 fully saturated rings. The number of carbonyl (C=O) groups excluding carboxylic acids is 2. The molecule has 0 aromatic heterocycles. The number of Topliss-reactive ketones (excluding diaryl/α,β-unsaturated/α-hetero) is 1. The van der Waals surface area contributed by atoms with Crippen molar-refractivity contribution in [1.29, 1.82) is 0 Å². The van der Waals surface area contributed by atoms with Gasteiger partial charge in [-0.15, -0.1) is 0 Å². The highest BCUT2D eigenvalue weighted by atomic mass is 16.5. The van der Waals surface area contributed by atoms with Gasteiger partial charge in [-0.05, 0) is 18.6 Å². The van der Waals surface area contributed by atoms with Crippen molar-refractivity contribution in [2.75, 3.05) is 6.61 Å². The molecule has 0 radical (unpaired) electrons. The second-order valence-corrected chi connectivity index (χ2v) is 3.41. The van der Waals surface area contributed by atoms with Crippen LogP contribution in [0.4, 0.5) is 0 Å². The van der Waals surface area contributed by atoms with Crippen molar-refractivity contribution in [1.82, 2.24) is 0 Å². The molecule has 1 aromatic carbocycles. The predicted octanol–water partition coefficient (Wildman–Crippen LogP) is 2.39. The molecule has 3 nitrogen and oxygen atoms in total. The van der Waals surface area contributed by atoms with Crippen molar-refractivity contribution in [3.63, 3.8) is 0 Å². The van der Waals surface area contributed by atoms with Crippen LogP contribution in [0, 0.1) is 0 Å². The SMILES string of the molecule is C=CCOC(=O)C(=Cc1ccccc1)C(C)=O. The third-order valence-corrected chi connectivity index (χ3v) is 2.04. The summed E-state index contributed by atoms with van der Waals surface area (Å²) in [6.07, 6.45) is 2.98. The summed E-state index contributed by atoms with van der Waals surface area (Å²) in [5, 5.41) is 0. The lowest BCUT2D eigenvalue weighted by atomic mass is 10.1. The molecule has 0 saturated carbocycles. The molecule has 0 aliphatic rings. The summed E-state index contributed by atoms with van der Waals surface area (Å²) in [7, 11) is 0. The van der Waals surface area contributed by atoms with Crippen LogP contribution in [0.25, 0.3) is 6.08 Å². The van der Waals surface area contributed by atoms with Crippen molar-refractivity contribution in [2.24, 2.45) is 0 Å². The first kappa shape index (κ1) is 12.9. The first-order chi connectivity index (χ1) is 8.15. The van der Waals surface area contributed by atoms with Crippen LogP contribution in [0.5, 0.6) is 0 Å². The van der Waals surface area contributed by atoms with Gasteiger partial charge in [0.15, 0.2) is 5.78 Å². The molecule has 1 rings (SSSR count). The van der Waals surface area contributed by atoms with Crippen molar-refractivity contribution < 1.29 is 14.3 Å². The van der Waals surface area contributed by atoms with E-state index in [0.717, 1.165) is 5.56 Å². The zero-order valence-corrected chi connectivity index (χ0v) is 9.68. The van der Waals surface area contributed by atoms with E-state index in [4.69, 9.17) is 4.74 Å². The average Bonchev–Trinajstić information content (AvgIpc) is 2.34. The molecule has 0 aliphatic heterocycles. The Morgan fingerprint density at radius 3 is 2.47 bits per heavy atom. The largest absolute Gasteiger partial charge is 0.458 e.